The summed E-state index contributed by atoms with van der Waals surface area (Å²) in [6.07, 6.45) is 2.99. The topological polar surface area (TPSA) is 50.6 Å². The summed E-state index contributed by atoms with van der Waals surface area (Å²) in [5.41, 5.74) is 0.531. The third kappa shape index (κ3) is 4.04. The Morgan fingerprint density at radius 2 is 2.10 bits per heavy atom. The maximum absolute atomic E-state index is 12.4. The number of ether oxygens (including phenoxy) is 1. The highest BCUT2D eigenvalue weighted by atomic mass is 16.5. The molecule has 1 aliphatic heterocycles. The second kappa shape index (κ2) is 7.56. The Hall–Kier alpha value is -1.40. The van der Waals surface area contributed by atoms with Crippen LogP contribution in [0.1, 0.15) is 30.8 Å². The van der Waals surface area contributed by atoms with E-state index < -0.39 is 0 Å². The molecule has 1 aromatic heterocycles. The average Bonchev–Trinajstić information content (AvgIpc) is 3.00. The van der Waals surface area contributed by atoms with Crippen LogP contribution in [-0.2, 0) is 11.3 Å². The van der Waals surface area contributed by atoms with Gasteiger partial charge in [0.2, 0.25) is 0 Å². The maximum atomic E-state index is 12.4. The van der Waals surface area contributed by atoms with Gasteiger partial charge in [0.25, 0.3) is 5.91 Å². The molecule has 0 aliphatic carbocycles. The van der Waals surface area contributed by atoms with Crippen molar-refractivity contribution in [1.29, 1.82) is 0 Å². The second-order valence-corrected chi connectivity index (χ2v) is 5.54. The quantitative estimate of drug-likeness (QED) is 0.788. The molecule has 1 saturated heterocycles. The molecule has 2 heterocycles. The first kappa shape index (κ1) is 16.0. The summed E-state index contributed by atoms with van der Waals surface area (Å²) in [5.74, 6) is 0.0370. The molecule has 1 atom stereocenters. The first-order valence-corrected chi connectivity index (χ1v) is 7.71. The zero-order valence-electron chi connectivity index (χ0n) is 13.3. The summed E-state index contributed by atoms with van der Waals surface area (Å²) in [4.78, 5) is 16.8. The number of carbonyl (C=O) groups is 1. The molecule has 0 aromatic carbocycles. The summed E-state index contributed by atoms with van der Waals surface area (Å²) in [5, 5.41) is 4.33. The third-order valence-corrected chi connectivity index (χ3v) is 4.20. The van der Waals surface area contributed by atoms with Gasteiger partial charge in [0.15, 0.2) is 0 Å². The van der Waals surface area contributed by atoms with Gasteiger partial charge in [-0.3, -0.25) is 14.4 Å². The fourth-order valence-corrected chi connectivity index (χ4v) is 2.57. The van der Waals surface area contributed by atoms with E-state index in [2.05, 4.69) is 23.8 Å². The Labute approximate surface area is 126 Å². The van der Waals surface area contributed by atoms with Crippen LogP contribution in [0.2, 0.25) is 0 Å². The SMILES string of the molecule is CCC(C)N1CCN(C(=O)c2ccn(CCOC)n2)CC1. The van der Waals surface area contributed by atoms with Gasteiger partial charge in [-0.05, 0) is 19.4 Å². The predicted octanol–water partition coefficient (Wildman–Crippen LogP) is 1.09. The molecule has 118 valence electrons. The molecule has 0 radical (unpaired) electrons. The summed E-state index contributed by atoms with van der Waals surface area (Å²) >= 11 is 0. The molecule has 1 aromatic rings. The Morgan fingerprint density at radius 3 is 2.71 bits per heavy atom. The fraction of sp³-hybridized carbons (Fsp3) is 0.733. The van der Waals surface area contributed by atoms with Crippen molar-refractivity contribution in [2.75, 3.05) is 39.9 Å². The van der Waals surface area contributed by atoms with Crippen LogP contribution in [-0.4, -0.2) is 71.4 Å². The smallest absolute Gasteiger partial charge is 0.274 e. The average molecular weight is 294 g/mol. The number of rotatable bonds is 6. The van der Waals surface area contributed by atoms with Crippen LogP contribution in [0.25, 0.3) is 0 Å². The fourth-order valence-electron chi connectivity index (χ4n) is 2.57. The van der Waals surface area contributed by atoms with Gasteiger partial charge in [0.1, 0.15) is 5.69 Å². The van der Waals surface area contributed by atoms with E-state index in [1.54, 1.807) is 17.9 Å². The summed E-state index contributed by atoms with van der Waals surface area (Å²) in [6.45, 7) is 9.19. The molecule has 0 saturated carbocycles. The molecule has 1 amide bonds. The predicted molar refractivity (Wildman–Crippen MR) is 81.3 cm³/mol. The van der Waals surface area contributed by atoms with Gasteiger partial charge in [-0.2, -0.15) is 5.10 Å². The second-order valence-electron chi connectivity index (χ2n) is 5.54. The van der Waals surface area contributed by atoms with Gasteiger partial charge in [0, 0.05) is 45.5 Å². The minimum Gasteiger partial charge on any atom is -0.383 e. The molecule has 6 heteroatoms. The lowest BCUT2D eigenvalue weighted by Gasteiger charge is -2.37. The van der Waals surface area contributed by atoms with Crippen molar-refractivity contribution in [3.63, 3.8) is 0 Å². The highest BCUT2D eigenvalue weighted by Gasteiger charge is 2.25. The number of hydrogen-bond donors (Lipinski definition) is 0. The standard InChI is InChI=1S/C15H26N4O2/c1-4-13(2)17-7-9-18(10-8-17)15(20)14-5-6-19(16-14)11-12-21-3/h5-6,13H,4,7-12H2,1-3H3. The van der Waals surface area contributed by atoms with Crippen molar-refractivity contribution >= 4 is 5.91 Å². The Bertz CT molecular complexity index is 452. The van der Waals surface area contributed by atoms with E-state index in [1.165, 1.54) is 0 Å². The first-order chi connectivity index (χ1) is 10.2. The minimum absolute atomic E-state index is 0.0370. The lowest BCUT2D eigenvalue weighted by molar-refractivity contribution is 0.0573. The molecule has 21 heavy (non-hydrogen) atoms. The lowest BCUT2D eigenvalue weighted by Crippen LogP contribution is -2.51. The lowest BCUT2D eigenvalue weighted by atomic mass is 10.2. The molecule has 2 rings (SSSR count). The Balaban J connectivity index is 1.88. The number of nitrogens with zero attached hydrogens (tertiary/aromatic N) is 4. The zero-order valence-corrected chi connectivity index (χ0v) is 13.3. The van der Waals surface area contributed by atoms with E-state index in [9.17, 15) is 4.79 Å². The van der Waals surface area contributed by atoms with Crippen molar-refractivity contribution in [2.24, 2.45) is 0 Å². The van der Waals surface area contributed by atoms with Gasteiger partial charge in [-0.15, -0.1) is 0 Å². The van der Waals surface area contributed by atoms with Crippen molar-refractivity contribution in [3.8, 4) is 0 Å². The zero-order chi connectivity index (χ0) is 15.2. The van der Waals surface area contributed by atoms with Gasteiger partial charge in [-0.25, -0.2) is 0 Å². The number of amides is 1. The molecular weight excluding hydrogens is 268 g/mol. The Kier molecular flexibility index (Phi) is 5.76. The van der Waals surface area contributed by atoms with Crippen LogP contribution in [0, 0.1) is 0 Å². The molecule has 0 N–H and O–H groups in total. The van der Waals surface area contributed by atoms with Crippen molar-refractivity contribution in [2.45, 2.75) is 32.9 Å². The van der Waals surface area contributed by atoms with Gasteiger partial charge < -0.3 is 9.64 Å². The summed E-state index contributed by atoms with van der Waals surface area (Å²) in [6, 6.07) is 2.38. The molecule has 6 nitrogen and oxygen atoms in total. The van der Waals surface area contributed by atoms with Gasteiger partial charge >= 0.3 is 0 Å². The highest BCUT2D eigenvalue weighted by molar-refractivity contribution is 5.92. The van der Waals surface area contributed by atoms with E-state index in [4.69, 9.17) is 4.74 Å². The highest BCUT2D eigenvalue weighted by Crippen LogP contribution is 2.11. The molecule has 0 spiro atoms. The van der Waals surface area contributed by atoms with Crippen LogP contribution in [0.15, 0.2) is 12.3 Å². The maximum Gasteiger partial charge on any atom is 0.274 e. The van der Waals surface area contributed by atoms with Gasteiger partial charge in [-0.1, -0.05) is 6.92 Å². The van der Waals surface area contributed by atoms with Gasteiger partial charge in [0.05, 0.1) is 13.2 Å². The molecule has 1 fully saturated rings. The number of carbonyl (C=O) groups excluding carboxylic acids is 1. The van der Waals surface area contributed by atoms with Crippen molar-refractivity contribution < 1.29 is 9.53 Å². The van der Waals surface area contributed by atoms with Crippen LogP contribution < -0.4 is 0 Å². The number of aromatic nitrogens is 2. The van der Waals surface area contributed by atoms with Crippen LogP contribution in [0.5, 0.6) is 0 Å². The number of piperazine rings is 1. The summed E-state index contributed by atoms with van der Waals surface area (Å²) < 4.78 is 6.77. The van der Waals surface area contributed by atoms with E-state index >= 15 is 0 Å². The van der Waals surface area contributed by atoms with Crippen molar-refractivity contribution in [1.82, 2.24) is 19.6 Å². The van der Waals surface area contributed by atoms with E-state index in [1.807, 2.05) is 11.1 Å². The first-order valence-electron chi connectivity index (χ1n) is 7.71. The van der Waals surface area contributed by atoms with Crippen LogP contribution in [0.3, 0.4) is 0 Å². The molecule has 1 aliphatic rings. The van der Waals surface area contributed by atoms with Crippen LogP contribution >= 0.6 is 0 Å². The minimum atomic E-state index is 0.0370. The monoisotopic (exact) mass is 294 g/mol. The Morgan fingerprint density at radius 1 is 1.38 bits per heavy atom. The van der Waals surface area contributed by atoms with E-state index in [0.717, 1.165) is 32.6 Å². The van der Waals surface area contributed by atoms with E-state index in [-0.39, 0.29) is 5.91 Å². The third-order valence-electron chi connectivity index (χ3n) is 4.20. The molecule has 1 unspecified atom stereocenters. The van der Waals surface area contributed by atoms with Crippen molar-refractivity contribution in [3.05, 3.63) is 18.0 Å². The number of methoxy groups -OCH3 is 1. The normalized spacial score (nSPS) is 18.0. The molecular formula is C15H26N4O2. The van der Waals surface area contributed by atoms with E-state index in [0.29, 0.717) is 24.9 Å². The molecule has 0 bridgehead atoms. The number of hydrogen-bond acceptors (Lipinski definition) is 4. The largest absolute Gasteiger partial charge is 0.383 e. The van der Waals surface area contributed by atoms with Crippen LogP contribution in [0.4, 0.5) is 0 Å². The summed E-state index contributed by atoms with van der Waals surface area (Å²) in [7, 11) is 1.66.